The first kappa shape index (κ1) is 105. The van der Waals surface area contributed by atoms with Crippen LogP contribution in [0.3, 0.4) is 0 Å². The molecule has 0 saturated carbocycles. The highest BCUT2D eigenvalue weighted by molar-refractivity contribution is 7.47. The molecule has 5 atom stereocenters. The summed E-state index contributed by atoms with van der Waals surface area (Å²) in [5.74, 6) is -1.70. The lowest BCUT2D eigenvalue weighted by Crippen LogP contribution is -2.29. The molecule has 4 N–H and O–H groups in total. The molecule has 0 aliphatic heterocycles. The average molecular weight is 1590 g/mol. The third-order valence-electron chi connectivity index (χ3n) is 17.0. The van der Waals surface area contributed by atoms with Crippen LogP contribution < -0.4 is 0 Å². The molecular formula is C93H150O16P2. The molecular weight excluding hydrogens is 1430 g/mol. The van der Waals surface area contributed by atoms with Crippen molar-refractivity contribution in [3.8, 4) is 0 Å². The first-order chi connectivity index (χ1) is 54.2. The number of phosphoric ester groups is 2. The summed E-state index contributed by atoms with van der Waals surface area (Å²) in [5.41, 5.74) is 0. The smallest absolute Gasteiger partial charge is 0.463 e. The number of hydrogen-bond acceptors (Lipinski definition) is 14. The fourth-order valence-corrected chi connectivity index (χ4v) is 12.3. The van der Waals surface area contributed by atoms with Crippen molar-refractivity contribution in [1.29, 1.82) is 0 Å². The summed E-state index contributed by atoms with van der Waals surface area (Å²) in [4.78, 5) is 58.8. The number of phosphoric acid groups is 2. The zero-order valence-electron chi connectivity index (χ0n) is 68.8. The molecule has 0 aromatic heterocycles. The maximum absolute atomic E-state index is 13.0. The standard InChI is InChI=1S/C93H150O16P2/c1-4-7-10-13-16-19-22-25-28-31-34-36-38-40-42-43-45-47-48-50-53-55-58-61-64-67-70-73-76-79-91(96)103-82-88(94)83-105-110(99,100)106-84-89(95)85-107-111(101,102)108-87-90(109-93(98)81-78-75-72-69-66-63-60-57-52-33-30-27-24-21-18-15-12-9-6-3)86-104-92(97)80-77-74-71-68-65-62-59-56-54-51-49-46-44-41-39-37-35-32-29-26-23-20-17-14-11-8-5-2/h7-12,16-21,25-30,34-37,40-42,44,49,51-52,57,63,66,72,75,88-90,94-95H,4-6,13-15,22-24,31-33,38-39,43,45-48,50,53-56,58-62,64-65,67-71,73-74,76-87H2,1-3H3,(H,99,100)(H,101,102)/b10-7-,11-8-,12-9-,19-16-,20-17-,21-18-,28-25-,29-26-,30-27-,36-34-,37-35-,42-40-,44-41-,51-49-,57-52-,66-63-,75-72-. The minimum absolute atomic E-state index is 0.0306. The lowest BCUT2D eigenvalue weighted by molar-refractivity contribution is -0.161. The highest BCUT2D eigenvalue weighted by Gasteiger charge is 2.29. The van der Waals surface area contributed by atoms with E-state index in [-0.39, 0.29) is 19.3 Å². The maximum Gasteiger partial charge on any atom is 0.472 e. The van der Waals surface area contributed by atoms with Crippen molar-refractivity contribution in [2.24, 2.45) is 0 Å². The molecule has 0 fully saturated rings. The molecule has 16 nitrogen and oxygen atoms in total. The zero-order chi connectivity index (χ0) is 80.8. The summed E-state index contributed by atoms with van der Waals surface area (Å²) >= 11 is 0. The van der Waals surface area contributed by atoms with Gasteiger partial charge >= 0.3 is 33.6 Å². The molecule has 0 radical (unpaired) electrons. The third-order valence-corrected chi connectivity index (χ3v) is 18.9. The van der Waals surface area contributed by atoms with Crippen molar-refractivity contribution in [1.82, 2.24) is 0 Å². The van der Waals surface area contributed by atoms with Gasteiger partial charge in [-0.15, -0.1) is 0 Å². The Hall–Kier alpha value is -5.87. The van der Waals surface area contributed by atoms with Crippen molar-refractivity contribution < 1.29 is 75.8 Å². The van der Waals surface area contributed by atoms with Crippen molar-refractivity contribution in [3.63, 3.8) is 0 Å². The van der Waals surface area contributed by atoms with E-state index in [1.807, 2.05) is 18.2 Å². The van der Waals surface area contributed by atoms with Gasteiger partial charge in [-0.25, -0.2) is 9.13 Å². The molecule has 111 heavy (non-hydrogen) atoms. The zero-order valence-corrected chi connectivity index (χ0v) is 70.6. The Labute approximate surface area is 673 Å². The molecule has 18 heteroatoms. The van der Waals surface area contributed by atoms with Crippen LogP contribution in [0.15, 0.2) is 207 Å². The van der Waals surface area contributed by atoms with Crippen molar-refractivity contribution >= 4 is 33.6 Å². The Morgan fingerprint density at radius 1 is 0.252 bits per heavy atom. The number of unbranched alkanes of at least 4 members (excludes halogenated alkanes) is 21. The van der Waals surface area contributed by atoms with Crippen molar-refractivity contribution in [2.75, 3.05) is 39.6 Å². The van der Waals surface area contributed by atoms with Gasteiger partial charge in [0, 0.05) is 19.3 Å². The van der Waals surface area contributed by atoms with Crippen LogP contribution in [0.5, 0.6) is 0 Å². The summed E-state index contributed by atoms with van der Waals surface area (Å²) in [6, 6.07) is 0. The van der Waals surface area contributed by atoms with E-state index in [9.17, 15) is 43.5 Å². The Morgan fingerprint density at radius 3 is 0.748 bits per heavy atom. The topological polar surface area (TPSA) is 231 Å². The number of allylic oxidation sites excluding steroid dienone is 34. The van der Waals surface area contributed by atoms with Crippen LogP contribution >= 0.6 is 15.6 Å². The second-order valence-corrected chi connectivity index (χ2v) is 30.4. The van der Waals surface area contributed by atoms with E-state index in [2.05, 4.69) is 209 Å². The Balaban J connectivity index is 4.68. The van der Waals surface area contributed by atoms with Crippen LogP contribution in [-0.2, 0) is 55.8 Å². The highest BCUT2D eigenvalue weighted by Crippen LogP contribution is 2.45. The van der Waals surface area contributed by atoms with Crippen molar-refractivity contribution in [3.05, 3.63) is 207 Å². The molecule has 0 rings (SSSR count). The molecule has 0 aliphatic rings. The fourth-order valence-electron chi connectivity index (χ4n) is 10.7. The van der Waals surface area contributed by atoms with E-state index < -0.39 is 91.5 Å². The van der Waals surface area contributed by atoms with Gasteiger partial charge in [0.15, 0.2) is 6.10 Å². The summed E-state index contributed by atoms with van der Waals surface area (Å²) in [5, 5.41) is 20.7. The molecule has 0 amide bonds. The van der Waals surface area contributed by atoms with Crippen molar-refractivity contribution in [2.45, 2.75) is 322 Å². The molecule has 0 saturated heterocycles. The number of aliphatic hydroxyl groups is 2. The molecule has 0 spiro atoms. The van der Waals surface area contributed by atoms with E-state index >= 15 is 0 Å². The Morgan fingerprint density at radius 2 is 0.468 bits per heavy atom. The second kappa shape index (κ2) is 83.6. The van der Waals surface area contributed by atoms with Gasteiger partial charge in [0.1, 0.15) is 25.4 Å². The predicted molar refractivity (Wildman–Crippen MR) is 463 cm³/mol. The first-order valence-electron chi connectivity index (χ1n) is 42.4. The number of aliphatic hydroxyl groups excluding tert-OH is 2. The Bertz CT molecular complexity index is 2850. The average Bonchev–Trinajstić information content (AvgIpc) is 0.812. The molecule has 0 aromatic carbocycles. The highest BCUT2D eigenvalue weighted by atomic mass is 31.2. The first-order valence-corrected chi connectivity index (χ1v) is 45.4. The van der Waals surface area contributed by atoms with Crippen LogP contribution in [0, 0.1) is 0 Å². The largest absolute Gasteiger partial charge is 0.472 e. The SMILES string of the molecule is CC/C=C\C/C=C\C/C=C\C/C=C\C/C=C\C/C=C\CCCCCCCCCCC(=O)OCC(COP(=O)(O)OCC(O)COP(=O)(O)OCC(O)COC(=O)CCCCCCCCCCCCCCC/C=C\C/C=C\C/C=C\C/C=C\C/C=C\CC)OC(=O)CC/C=C\C/C=C\C/C=C\C/C=C\C/C=C\C/C=C\CC. The van der Waals surface area contributed by atoms with Crippen LogP contribution in [0.4, 0.5) is 0 Å². The minimum atomic E-state index is -4.97. The van der Waals surface area contributed by atoms with Gasteiger partial charge in [-0.1, -0.05) is 337 Å². The fraction of sp³-hybridized carbons (Fsp3) is 0.602. The Kier molecular flexibility index (Phi) is 79.1. The normalized spacial score (nSPS) is 14.9. The molecule has 628 valence electrons. The second-order valence-electron chi connectivity index (χ2n) is 27.5. The summed E-state index contributed by atoms with van der Waals surface area (Å²) in [6.07, 6.45) is 112. The summed E-state index contributed by atoms with van der Waals surface area (Å²) < 4.78 is 61.2. The number of esters is 3. The van der Waals surface area contributed by atoms with Gasteiger partial charge in [0.05, 0.1) is 26.4 Å². The van der Waals surface area contributed by atoms with Gasteiger partial charge < -0.3 is 34.2 Å². The monoisotopic (exact) mass is 1590 g/mol. The van der Waals surface area contributed by atoms with Gasteiger partial charge in [-0.3, -0.25) is 32.5 Å². The lowest BCUT2D eigenvalue weighted by atomic mass is 10.0. The lowest BCUT2D eigenvalue weighted by Gasteiger charge is -2.21. The van der Waals surface area contributed by atoms with E-state index in [4.69, 9.17) is 32.3 Å². The van der Waals surface area contributed by atoms with Crippen LogP contribution in [-0.4, -0.2) is 95.9 Å². The number of carbonyl (C=O) groups is 3. The number of rotatable bonds is 78. The number of carbonyl (C=O) groups excluding carboxylic acids is 3. The van der Waals surface area contributed by atoms with E-state index in [0.717, 1.165) is 173 Å². The summed E-state index contributed by atoms with van der Waals surface area (Å²) in [7, 11) is -9.84. The quantitative estimate of drug-likeness (QED) is 0.0146. The van der Waals surface area contributed by atoms with Gasteiger partial charge in [-0.2, -0.15) is 0 Å². The van der Waals surface area contributed by atoms with Gasteiger partial charge in [-0.05, 0) is 154 Å². The number of hydrogen-bond donors (Lipinski definition) is 4. The predicted octanol–water partition coefficient (Wildman–Crippen LogP) is 25.7. The van der Waals surface area contributed by atoms with Crippen LogP contribution in [0.25, 0.3) is 0 Å². The van der Waals surface area contributed by atoms with E-state index in [1.54, 1.807) is 0 Å². The molecule has 0 heterocycles. The summed E-state index contributed by atoms with van der Waals surface area (Å²) in [6.45, 7) is 2.23. The maximum atomic E-state index is 13.0. The third kappa shape index (κ3) is 84.9. The van der Waals surface area contributed by atoms with Crippen LogP contribution in [0.1, 0.15) is 303 Å². The van der Waals surface area contributed by atoms with E-state index in [1.165, 1.54) is 64.2 Å². The molecule has 0 aliphatic carbocycles. The molecule has 0 bridgehead atoms. The minimum Gasteiger partial charge on any atom is -0.463 e. The van der Waals surface area contributed by atoms with Gasteiger partial charge in [0.2, 0.25) is 0 Å². The number of ether oxygens (including phenoxy) is 3. The molecule has 0 aromatic rings. The van der Waals surface area contributed by atoms with Crippen LogP contribution in [0.2, 0.25) is 0 Å². The van der Waals surface area contributed by atoms with Gasteiger partial charge in [0.25, 0.3) is 0 Å². The molecule has 5 unspecified atom stereocenters. The van der Waals surface area contributed by atoms with E-state index in [0.29, 0.717) is 25.7 Å².